The van der Waals surface area contributed by atoms with Gasteiger partial charge >= 0.3 is 0 Å². The molecule has 1 saturated heterocycles. The number of hydrogen-bond acceptors (Lipinski definition) is 4. The maximum Gasteiger partial charge on any atom is 0.150 e. The molecular formula is C9H13ClN4. The Morgan fingerprint density at radius 3 is 3.14 bits per heavy atom. The molecule has 1 atom stereocenters. The number of aromatic nitrogens is 2. The van der Waals surface area contributed by atoms with Crippen LogP contribution in [-0.2, 0) is 0 Å². The van der Waals surface area contributed by atoms with Crippen LogP contribution in [0.4, 0.5) is 5.82 Å². The largest absolute Gasteiger partial charge is 0.354 e. The van der Waals surface area contributed by atoms with Crippen LogP contribution in [0, 0.1) is 0 Å². The van der Waals surface area contributed by atoms with E-state index in [1.807, 2.05) is 0 Å². The van der Waals surface area contributed by atoms with Crippen molar-refractivity contribution in [2.24, 2.45) is 5.73 Å². The second kappa shape index (κ2) is 4.11. The molecule has 76 valence electrons. The average molecular weight is 213 g/mol. The highest BCUT2D eigenvalue weighted by atomic mass is 35.5. The first-order chi connectivity index (χ1) is 6.77. The van der Waals surface area contributed by atoms with Crippen LogP contribution in [0.1, 0.15) is 12.8 Å². The van der Waals surface area contributed by atoms with Gasteiger partial charge < -0.3 is 10.6 Å². The van der Waals surface area contributed by atoms with Crippen molar-refractivity contribution in [3.8, 4) is 0 Å². The van der Waals surface area contributed by atoms with Gasteiger partial charge in [0, 0.05) is 19.1 Å². The summed E-state index contributed by atoms with van der Waals surface area (Å²) in [7, 11) is 0. The van der Waals surface area contributed by atoms with Crippen molar-refractivity contribution < 1.29 is 0 Å². The Balaban J connectivity index is 2.18. The summed E-state index contributed by atoms with van der Waals surface area (Å²) in [4.78, 5) is 10.1. The molecule has 2 N–H and O–H groups in total. The molecule has 1 aromatic rings. The van der Waals surface area contributed by atoms with E-state index in [1.54, 1.807) is 6.20 Å². The third-order valence-corrected chi connectivity index (χ3v) is 2.67. The first-order valence-electron chi connectivity index (χ1n) is 4.73. The summed E-state index contributed by atoms with van der Waals surface area (Å²) in [6.07, 6.45) is 5.31. The molecule has 1 aromatic heterocycles. The third-order valence-electron chi connectivity index (χ3n) is 2.41. The molecule has 2 heterocycles. The average Bonchev–Trinajstić information content (AvgIpc) is 2.18. The number of hydrogen-bond donors (Lipinski definition) is 1. The summed E-state index contributed by atoms with van der Waals surface area (Å²) < 4.78 is 0. The van der Waals surface area contributed by atoms with Crippen molar-refractivity contribution in [2.75, 3.05) is 18.0 Å². The zero-order valence-corrected chi connectivity index (χ0v) is 8.61. The van der Waals surface area contributed by atoms with Gasteiger partial charge in [0.25, 0.3) is 0 Å². The normalized spacial score (nSPS) is 22.4. The molecule has 4 nitrogen and oxygen atoms in total. The van der Waals surface area contributed by atoms with E-state index in [-0.39, 0.29) is 6.04 Å². The molecule has 0 spiro atoms. The maximum atomic E-state index is 6.00. The van der Waals surface area contributed by atoms with Crippen LogP contribution in [0.2, 0.25) is 5.02 Å². The SMILES string of the molecule is NC1CCCN(c2ncncc2Cl)C1. The number of piperidine rings is 1. The molecule has 0 aliphatic carbocycles. The lowest BCUT2D eigenvalue weighted by atomic mass is 10.1. The van der Waals surface area contributed by atoms with Gasteiger partial charge in [0.05, 0.1) is 6.20 Å². The Hall–Kier alpha value is -0.870. The molecule has 14 heavy (non-hydrogen) atoms. The van der Waals surface area contributed by atoms with E-state index in [1.165, 1.54) is 6.33 Å². The fourth-order valence-electron chi connectivity index (χ4n) is 1.74. The Bertz CT molecular complexity index is 317. The number of nitrogens with zero attached hydrogens (tertiary/aromatic N) is 3. The molecule has 5 heteroatoms. The zero-order valence-electron chi connectivity index (χ0n) is 7.86. The highest BCUT2D eigenvalue weighted by molar-refractivity contribution is 6.32. The molecule has 0 radical (unpaired) electrons. The molecule has 1 aliphatic heterocycles. The van der Waals surface area contributed by atoms with Gasteiger partial charge in [0.15, 0.2) is 5.82 Å². The first-order valence-corrected chi connectivity index (χ1v) is 5.11. The van der Waals surface area contributed by atoms with Crippen LogP contribution in [0.3, 0.4) is 0 Å². The Morgan fingerprint density at radius 2 is 2.43 bits per heavy atom. The monoisotopic (exact) mass is 212 g/mol. The summed E-state index contributed by atoms with van der Waals surface area (Å²) in [5.41, 5.74) is 5.88. The van der Waals surface area contributed by atoms with Gasteiger partial charge in [0.2, 0.25) is 0 Å². The lowest BCUT2D eigenvalue weighted by molar-refractivity contribution is 0.503. The van der Waals surface area contributed by atoms with Gasteiger partial charge in [-0.15, -0.1) is 0 Å². The minimum absolute atomic E-state index is 0.231. The summed E-state index contributed by atoms with van der Waals surface area (Å²) in [6.45, 7) is 1.81. The highest BCUT2D eigenvalue weighted by Crippen LogP contribution is 2.23. The van der Waals surface area contributed by atoms with E-state index in [0.29, 0.717) is 5.02 Å². The summed E-state index contributed by atoms with van der Waals surface area (Å²) in [6, 6.07) is 0.231. The molecule has 0 aromatic carbocycles. The van der Waals surface area contributed by atoms with Crippen LogP contribution in [0.5, 0.6) is 0 Å². The van der Waals surface area contributed by atoms with Crippen molar-refractivity contribution in [1.82, 2.24) is 9.97 Å². The smallest absolute Gasteiger partial charge is 0.150 e. The highest BCUT2D eigenvalue weighted by Gasteiger charge is 2.19. The van der Waals surface area contributed by atoms with Crippen molar-refractivity contribution >= 4 is 17.4 Å². The fourth-order valence-corrected chi connectivity index (χ4v) is 1.97. The number of anilines is 1. The van der Waals surface area contributed by atoms with Gasteiger partial charge in [-0.05, 0) is 12.8 Å². The predicted octanol–water partition coefficient (Wildman–Crippen LogP) is 1.06. The van der Waals surface area contributed by atoms with Crippen molar-refractivity contribution in [3.63, 3.8) is 0 Å². The summed E-state index contributed by atoms with van der Waals surface area (Å²) in [5, 5.41) is 0.599. The Kier molecular flexibility index (Phi) is 2.84. The van der Waals surface area contributed by atoms with Gasteiger partial charge in [-0.1, -0.05) is 11.6 Å². The van der Waals surface area contributed by atoms with E-state index in [4.69, 9.17) is 17.3 Å². The van der Waals surface area contributed by atoms with Crippen LogP contribution in [0.15, 0.2) is 12.5 Å². The Morgan fingerprint density at radius 1 is 1.57 bits per heavy atom. The standard InChI is InChI=1S/C9H13ClN4/c10-8-4-12-6-13-9(8)14-3-1-2-7(11)5-14/h4,6-7H,1-3,5,11H2. The van der Waals surface area contributed by atoms with E-state index < -0.39 is 0 Å². The van der Waals surface area contributed by atoms with Gasteiger partial charge in [-0.3, -0.25) is 0 Å². The maximum absolute atomic E-state index is 6.00. The topological polar surface area (TPSA) is 55.0 Å². The molecule has 0 amide bonds. The van der Waals surface area contributed by atoms with Crippen LogP contribution >= 0.6 is 11.6 Å². The lowest BCUT2D eigenvalue weighted by Crippen LogP contribution is -2.43. The van der Waals surface area contributed by atoms with Crippen molar-refractivity contribution in [1.29, 1.82) is 0 Å². The summed E-state index contributed by atoms with van der Waals surface area (Å²) >= 11 is 6.00. The molecule has 0 saturated carbocycles. The molecule has 0 bridgehead atoms. The second-order valence-corrected chi connectivity index (χ2v) is 3.95. The van der Waals surface area contributed by atoms with Crippen LogP contribution in [0.25, 0.3) is 0 Å². The minimum Gasteiger partial charge on any atom is -0.354 e. The molecule has 1 fully saturated rings. The molecule has 1 unspecified atom stereocenters. The molecule has 1 aliphatic rings. The minimum atomic E-state index is 0.231. The van der Waals surface area contributed by atoms with E-state index in [0.717, 1.165) is 31.7 Å². The molecule has 2 rings (SSSR count). The van der Waals surface area contributed by atoms with Crippen LogP contribution < -0.4 is 10.6 Å². The first kappa shape index (κ1) is 9.68. The molecular weight excluding hydrogens is 200 g/mol. The van der Waals surface area contributed by atoms with E-state index in [9.17, 15) is 0 Å². The van der Waals surface area contributed by atoms with Gasteiger partial charge in [-0.25, -0.2) is 9.97 Å². The Labute approximate surface area is 88.1 Å². The predicted molar refractivity (Wildman–Crippen MR) is 56.5 cm³/mol. The van der Waals surface area contributed by atoms with E-state index in [2.05, 4.69) is 14.9 Å². The van der Waals surface area contributed by atoms with Crippen molar-refractivity contribution in [3.05, 3.63) is 17.5 Å². The van der Waals surface area contributed by atoms with E-state index >= 15 is 0 Å². The lowest BCUT2D eigenvalue weighted by Gasteiger charge is -2.31. The zero-order chi connectivity index (χ0) is 9.97. The summed E-state index contributed by atoms with van der Waals surface area (Å²) in [5.74, 6) is 0.803. The van der Waals surface area contributed by atoms with Gasteiger partial charge in [-0.2, -0.15) is 0 Å². The quantitative estimate of drug-likeness (QED) is 0.757. The van der Waals surface area contributed by atoms with Crippen LogP contribution in [-0.4, -0.2) is 29.1 Å². The number of nitrogens with two attached hydrogens (primary N) is 1. The van der Waals surface area contributed by atoms with Crippen molar-refractivity contribution in [2.45, 2.75) is 18.9 Å². The fraction of sp³-hybridized carbons (Fsp3) is 0.556. The number of rotatable bonds is 1. The second-order valence-electron chi connectivity index (χ2n) is 3.54. The van der Waals surface area contributed by atoms with Gasteiger partial charge in [0.1, 0.15) is 11.3 Å². The third kappa shape index (κ3) is 1.96. The number of halogens is 1.